The second kappa shape index (κ2) is 8.21. The van der Waals surface area contributed by atoms with E-state index in [0.717, 1.165) is 42.6 Å². The number of methoxy groups -OCH3 is 1. The summed E-state index contributed by atoms with van der Waals surface area (Å²) in [5.41, 5.74) is 2.73. The minimum atomic E-state index is -0.315. The molecule has 0 unspecified atom stereocenters. The molecule has 2 aromatic rings. The number of rotatable bonds is 5. The number of hydrogen-bond acceptors (Lipinski definition) is 2. The highest BCUT2D eigenvalue weighted by atomic mass is 19.1. The second-order valence-electron chi connectivity index (χ2n) is 6.81. The zero-order valence-corrected chi connectivity index (χ0v) is 15.3. The van der Waals surface area contributed by atoms with Gasteiger partial charge in [0, 0.05) is 18.3 Å². The van der Waals surface area contributed by atoms with Gasteiger partial charge in [-0.2, -0.15) is 0 Å². The SMILES string of the molecule is COc1ccc(CN(C(=O)Nc2ccc(F)cc2)C2CCCC2)cc1C. The van der Waals surface area contributed by atoms with Crippen molar-refractivity contribution in [3.05, 3.63) is 59.4 Å². The molecule has 26 heavy (non-hydrogen) atoms. The van der Waals surface area contributed by atoms with E-state index in [2.05, 4.69) is 11.4 Å². The Morgan fingerprint density at radius 2 is 1.88 bits per heavy atom. The van der Waals surface area contributed by atoms with Crippen molar-refractivity contribution in [1.82, 2.24) is 4.90 Å². The standard InChI is InChI=1S/C21H25FN2O2/c1-15-13-16(7-12-20(15)26-2)14-24(19-5-3-4-6-19)21(25)23-18-10-8-17(22)9-11-18/h7-13,19H,3-6,14H2,1-2H3,(H,23,25). The number of carbonyl (C=O) groups excluding carboxylic acids is 1. The molecular formula is C21H25FN2O2. The maximum absolute atomic E-state index is 13.1. The molecule has 1 aliphatic carbocycles. The van der Waals surface area contributed by atoms with Crippen LogP contribution in [-0.4, -0.2) is 24.1 Å². The lowest BCUT2D eigenvalue weighted by atomic mass is 10.1. The number of nitrogens with one attached hydrogen (secondary N) is 1. The van der Waals surface area contributed by atoms with E-state index in [1.165, 1.54) is 12.1 Å². The van der Waals surface area contributed by atoms with Crippen LogP contribution >= 0.6 is 0 Å². The molecule has 0 atom stereocenters. The molecule has 1 N–H and O–H groups in total. The average molecular weight is 356 g/mol. The Kier molecular flexibility index (Phi) is 5.76. The summed E-state index contributed by atoms with van der Waals surface area (Å²) in [5.74, 6) is 0.529. The van der Waals surface area contributed by atoms with E-state index in [-0.39, 0.29) is 17.9 Å². The number of ether oxygens (including phenoxy) is 1. The molecule has 2 amide bonds. The molecule has 0 saturated heterocycles. The fourth-order valence-corrected chi connectivity index (χ4v) is 3.55. The molecule has 4 nitrogen and oxygen atoms in total. The summed E-state index contributed by atoms with van der Waals surface area (Å²) < 4.78 is 18.4. The molecule has 0 radical (unpaired) electrons. The smallest absolute Gasteiger partial charge is 0.322 e. The topological polar surface area (TPSA) is 41.6 Å². The van der Waals surface area contributed by atoms with Crippen LogP contribution in [0.3, 0.4) is 0 Å². The number of hydrogen-bond donors (Lipinski definition) is 1. The first-order valence-electron chi connectivity index (χ1n) is 9.03. The Morgan fingerprint density at radius 3 is 2.50 bits per heavy atom. The molecule has 1 fully saturated rings. The Bertz CT molecular complexity index is 755. The molecule has 0 aliphatic heterocycles. The maximum atomic E-state index is 13.1. The van der Waals surface area contributed by atoms with Crippen molar-refractivity contribution in [2.24, 2.45) is 0 Å². The van der Waals surface area contributed by atoms with Crippen LogP contribution in [0, 0.1) is 12.7 Å². The van der Waals surface area contributed by atoms with Crippen LogP contribution in [0.4, 0.5) is 14.9 Å². The van der Waals surface area contributed by atoms with Crippen LogP contribution in [0.2, 0.25) is 0 Å². The van der Waals surface area contributed by atoms with Crippen LogP contribution in [0.15, 0.2) is 42.5 Å². The van der Waals surface area contributed by atoms with Gasteiger partial charge < -0.3 is 15.0 Å². The molecule has 0 heterocycles. The first-order valence-corrected chi connectivity index (χ1v) is 9.03. The van der Waals surface area contributed by atoms with Crippen molar-refractivity contribution in [1.29, 1.82) is 0 Å². The van der Waals surface area contributed by atoms with Crippen LogP contribution in [0.1, 0.15) is 36.8 Å². The van der Waals surface area contributed by atoms with E-state index >= 15 is 0 Å². The molecule has 138 valence electrons. The quantitative estimate of drug-likeness (QED) is 0.808. The van der Waals surface area contributed by atoms with E-state index in [9.17, 15) is 9.18 Å². The van der Waals surface area contributed by atoms with Gasteiger partial charge in [0.25, 0.3) is 0 Å². The lowest BCUT2D eigenvalue weighted by molar-refractivity contribution is 0.184. The van der Waals surface area contributed by atoms with Gasteiger partial charge in [0.2, 0.25) is 0 Å². The highest BCUT2D eigenvalue weighted by Crippen LogP contribution is 2.27. The van der Waals surface area contributed by atoms with Gasteiger partial charge in [-0.1, -0.05) is 25.0 Å². The molecule has 3 rings (SSSR count). The lowest BCUT2D eigenvalue weighted by Crippen LogP contribution is -2.41. The van der Waals surface area contributed by atoms with Crippen LogP contribution in [0.25, 0.3) is 0 Å². The normalized spacial score (nSPS) is 14.3. The fourth-order valence-electron chi connectivity index (χ4n) is 3.55. The fraction of sp³-hybridized carbons (Fsp3) is 0.381. The number of amides is 2. The molecule has 0 bridgehead atoms. The van der Waals surface area contributed by atoms with Crippen LogP contribution in [-0.2, 0) is 6.54 Å². The first kappa shape index (κ1) is 18.2. The van der Waals surface area contributed by atoms with Gasteiger partial charge in [-0.15, -0.1) is 0 Å². The highest BCUT2D eigenvalue weighted by Gasteiger charge is 2.27. The number of nitrogens with zero attached hydrogens (tertiary/aromatic N) is 1. The van der Waals surface area contributed by atoms with Gasteiger partial charge in [0.15, 0.2) is 0 Å². The van der Waals surface area contributed by atoms with Crippen LogP contribution in [0.5, 0.6) is 5.75 Å². The largest absolute Gasteiger partial charge is 0.496 e. The molecule has 0 aromatic heterocycles. The van der Waals surface area contributed by atoms with Crippen molar-refractivity contribution in [3.8, 4) is 5.75 Å². The van der Waals surface area contributed by atoms with Gasteiger partial charge in [-0.25, -0.2) is 9.18 Å². The number of halogens is 1. The molecule has 2 aromatic carbocycles. The van der Waals surface area contributed by atoms with Gasteiger partial charge in [-0.3, -0.25) is 0 Å². The second-order valence-corrected chi connectivity index (χ2v) is 6.81. The van der Waals surface area contributed by atoms with Gasteiger partial charge >= 0.3 is 6.03 Å². The summed E-state index contributed by atoms with van der Waals surface area (Å²) in [6.45, 7) is 2.54. The van der Waals surface area contributed by atoms with Crippen molar-refractivity contribution in [2.75, 3.05) is 12.4 Å². The van der Waals surface area contributed by atoms with Gasteiger partial charge in [-0.05, 0) is 61.2 Å². The Hall–Kier alpha value is -2.56. The highest BCUT2D eigenvalue weighted by molar-refractivity contribution is 5.89. The van der Waals surface area contributed by atoms with Crippen LogP contribution < -0.4 is 10.1 Å². The number of carbonyl (C=O) groups is 1. The van der Waals surface area contributed by atoms with E-state index in [1.54, 1.807) is 19.2 Å². The van der Waals surface area contributed by atoms with E-state index < -0.39 is 0 Å². The van der Waals surface area contributed by atoms with Gasteiger partial charge in [0.1, 0.15) is 11.6 Å². The third-order valence-electron chi connectivity index (χ3n) is 4.93. The predicted octanol–water partition coefficient (Wildman–Crippen LogP) is 5.12. The summed E-state index contributed by atoms with van der Waals surface area (Å²) in [6.07, 6.45) is 4.33. The average Bonchev–Trinajstić information content (AvgIpc) is 3.16. The van der Waals surface area contributed by atoms with Crippen molar-refractivity contribution in [2.45, 2.75) is 45.2 Å². The summed E-state index contributed by atoms with van der Waals surface area (Å²) in [7, 11) is 1.66. The molecular weight excluding hydrogens is 331 g/mol. The number of aryl methyl sites for hydroxylation is 1. The third-order valence-corrected chi connectivity index (χ3v) is 4.93. The van der Waals surface area contributed by atoms with Gasteiger partial charge in [0.05, 0.1) is 7.11 Å². The molecule has 1 aliphatic rings. The number of benzene rings is 2. The van der Waals surface area contributed by atoms with Crippen molar-refractivity contribution in [3.63, 3.8) is 0 Å². The zero-order valence-electron chi connectivity index (χ0n) is 15.3. The minimum Gasteiger partial charge on any atom is -0.496 e. The maximum Gasteiger partial charge on any atom is 0.322 e. The molecule has 1 saturated carbocycles. The minimum absolute atomic E-state index is 0.142. The molecule has 0 spiro atoms. The van der Waals surface area contributed by atoms with E-state index in [0.29, 0.717) is 12.2 Å². The zero-order chi connectivity index (χ0) is 18.5. The Labute approximate surface area is 154 Å². The third kappa shape index (κ3) is 4.34. The summed E-state index contributed by atoms with van der Waals surface area (Å²) in [4.78, 5) is 14.8. The summed E-state index contributed by atoms with van der Waals surface area (Å²) >= 11 is 0. The lowest BCUT2D eigenvalue weighted by Gasteiger charge is -2.29. The van der Waals surface area contributed by atoms with E-state index in [4.69, 9.17) is 4.74 Å². The Morgan fingerprint density at radius 1 is 1.19 bits per heavy atom. The van der Waals surface area contributed by atoms with Crippen molar-refractivity contribution < 1.29 is 13.9 Å². The summed E-state index contributed by atoms with van der Waals surface area (Å²) in [5, 5.41) is 2.90. The number of anilines is 1. The predicted molar refractivity (Wildman–Crippen MR) is 101 cm³/mol. The van der Waals surface area contributed by atoms with Crippen molar-refractivity contribution >= 4 is 11.7 Å². The summed E-state index contributed by atoms with van der Waals surface area (Å²) in [6, 6.07) is 12.0. The number of urea groups is 1. The van der Waals surface area contributed by atoms with E-state index in [1.807, 2.05) is 24.0 Å². The monoisotopic (exact) mass is 356 g/mol. The first-order chi connectivity index (χ1) is 12.6. The molecule has 5 heteroatoms. The Balaban J connectivity index is 1.77.